The van der Waals surface area contributed by atoms with Crippen molar-refractivity contribution in [2.45, 2.75) is 26.9 Å². The van der Waals surface area contributed by atoms with E-state index in [0.29, 0.717) is 29.8 Å². The molecule has 164 valence electrons. The maximum atomic E-state index is 6.12. The van der Waals surface area contributed by atoms with E-state index < -0.39 is 0 Å². The van der Waals surface area contributed by atoms with E-state index in [9.17, 15) is 0 Å². The van der Waals surface area contributed by atoms with Crippen molar-refractivity contribution >= 4 is 5.69 Å². The number of aryl methyl sites for hydroxylation is 2. The highest BCUT2D eigenvalue weighted by Crippen LogP contribution is 2.33. The van der Waals surface area contributed by atoms with Gasteiger partial charge in [-0.05, 0) is 31.5 Å². The Morgan fingerprint density at radius 2 is 1.45 bits per heavy atom. The maximum Gasteiger partial charge on any atom is 0.253 e. The second kappa shape index (κ2) is 9.12. The molecule has 3 aromatic carbocycles. The summed E-state index contributed by atoms with van der Waals surface area (Å²) < 4.78 is 11.6. The molecular weight excluding hydrogens is 412 g/mol. The summed E-state index contributed by atoms with van der Waals surface area (Å²) in [5, 5.41) is 12.9. The Morgan fingerprint density at radius 3 is 2.18 bits per heavy atom. The number of anilines is 1. The molecule has 2 heterocycles. The molecule has 5 aromatic rings. The highest BCUT2D eigenvalue weighted by molar-refractivity contribution is 5.77. The molecule has 0 fully saturated rings. The summed E-state index contributed by atoms with van der Waals surface area (Å²) in [6.07, 6.45) is 0. The van der Waals surface area contributed by atoms with Crippen molar-refractivity contribution in [1.29, 1.82) is 0 Å². The molecule has 5 rings (SSSR count). The number of nitrogens with zero attached hydrogens (tertiary/aromatic N) is 4. The lowest BCUT2D eigenvalue weighted by atomic mass is 10.1. The SMILES string of the molecule is Cc1ccc(N(Cc2ccccc2)Cc2nnc(-c3c(-c4ccccc4)noc3C)o2)cc1. The third kappa shape index (κ3) is 4.55. The van der Waals surface area contributed by atoms with Crippen molar-refractivity contribution in [1.82, 2.24) is 15.4 Å². The summed E-state index contributed by atoms with van der Waals surface area (Å²) in [7, 11) is 0. The molecule has 0 aliphatic rings. The van der Waals surface area contributed by atoms with Gasteiger partial charge in [0, 0.05) is 17.8 Å². The van der Waals surface area contributed by atoms with E-state index in [4.69, 9.17) is 8.94 Å². The Hall–Kier alpha value is -4.19. The summed E-state index contributed by atoms with van der Waals surface area (Å²) in [5.41, 5.74) is 5.88. The zero-order chi connectivity index (χ0) is 22.6. The lowest BCUT2D eigenvalue weighted by Crippen LogP contribution is -2.22. The van der Waals surface area contributed by atoms with Crippen LogP contribution in [-0.2, 0) is 13.1 Å². The first-order chi connectivity index (χ1) is 16.2. The van der Waals surface area contributed by atoms with Crippen LogP contribution in [0.2, 0.25) is 0 Å². The highest BCUT2D eigenvalue weighted by Gasteiger charge is 2.22. The van der Waals surface area contributed by atoms with E-state index >= 15 is 0 Å². The van der Waals surface area contributed by atoms with Gasteiger partial charge in [-0.3, -0.25) is 0 Å². The summed E-state index contributed by atoms with van der Waals surface area (Å²) >= 11 is 0. The van der Waals surface area contributed by atoms with Crippen LogP contribution in [0.5, 0.6) is 0 Å². The number of rotatable bonds is 7. The van der Waals surface area contributed by atoms with E-state index in [0.717, 1.165) is 23.4 Å². The number of hydrogen-bond acceptors (Lipinski definition) is 6. The van der Waals surface area contributed by atoms with Crippen molar-refractivity contribution in [3.05, 3.63) is 108 Å². The molecule has 6 heteroatoms. The Morgan fingerprint density at radius 1 is 0.758 bits per heavy atom. The first-order valence-electron chi connectivity index (χ1n) is 10.9. The lowest BCUT2D eigenvalue weighted by molar-refractivity contribution is 0.399. The van der Waals surface area contributed by atoms with E-state index in [1.807, 2.05) is 55.5 Å². The smallest absolute Gasteiger partial charge is 0.253 e. The van der Waals surface area contributed by atoms with Gasteiger partial charge >= 0.3 is 0 Å². The Bertz CT molecular complexity index is 1330. The van der Waals surface area contributed by atoms with Gasteiger partial charge in [0.25, 0.3) is 5.89 Å². The predicted octanol–water partition coefficient (Wildman–Crippen LogP) is 6.22. The molecule has 0 saturated carbocycles. The Kier molecular flexibility index (Phi) is 5.72. The number of benzene rings is 3. The van der Waals surface area contributed by atoms with Crippen molar-refractivity contribution < 1.29 is 8.94 Å². The molecule has 0 saturated heterocycles. The van der Waals surface area contributed by atoms with Crippen LogP contribution in [0.1, 0.15) is 22.8 Å². The van der Waals surface area contributed by atoms with E-state index in [1.54, 1.807) is 0 Å². The van der Waals surface area contributed by atoms with Crippen LogP contribution in [0.25, 0.3) is 22.7 Å². The van der Waals surface area contributed by atoms with Crippen LogP contribution in [-0.4, -0.2) is 15.4 Å². The zero-order valence-electron chi connectivity index (χ0n) is 18.6. The summed E-state index contributed by atoms with van der Waals surface area (Å²) in [6, 6.07) is 28.7. The van der Waals surface area contributed by atoms with Gasteiger partial charge in [0.2, 0.25) is 5.89 Å². The highest BCUT2D eigenvalue weighted by atomic mass is 16.5. The summed E-state index contributed by atoms with van der Waals surface area (Å²) in [6.45, 7) is 5.15. The monoisotopic (exact) mass is 436 g/mol. The molecule has 0 bridgehead atoms. The fourth-order valence-electron chi connectivity index (χ4n) is 3.80. The molecule has 0 aliphatic heterocycles. The Balaban J connectivity index is 1.45. The van der Waals surface area contributed by atoms with Crippen molar-refractivity contribution in [3.63, 3.8) is 0 Å². The minimum atomic E-state index is 0.408. The van der Waals surface area contributed by atoms with Gasteiger partial charge in [-0.25, -0.2) is 0 Å². The first kappa shape index (κ1) is 20.7. The van der Waals surface area contributed by atoms with Gasteiger partial charge in [0.05, 0.1) is 6.54 Å². The molecule has 0 aliphatic carbocycles. The second-order valence-electron chi connectivity index (χ2n) is 8.01. The average Bonchev–Trinajstić information content (AvgIpc) is 3.46. The summed E-state index contributed by atoms with van der Waals surface area (Å²) in [5.74, 6) is 1.58. The van der Waals surface area contributed by atoms with Gasteiger partial charge in [-0.15, -0.1) is 10.2 Å². The van der Waals surface area contributed by atoms with E-state index in [2.05, 4.69) is 63.6 Å². The fraction of sp³-hybridized carbons (Fsp3) is 0.148. The van der Waals surface area contributed by atoms with Crippen LogP contribution in [0.4, 0.5) is 5.69 Å². The van der Waals surface area contributed by atoms with Crippen molar-refractivity contribution in [2.75, 3.05) is 4.90 Å². The molecule has 2 aromatic heterocycles. The Labute approximate surface area is 192 Å². The zero-order valence-corrected chi connectivity index (χ0v) is 18.6. The van der Waals surface area contributed by atoms with E-state index in [1.165, 1.54) is 11.1 Å². The number of hydrogen-bond donors (Lipinski definition) is 0. The third-order valence-electron chi connectivity index (χ3n) is 5.53. The summed E-state index contributed by atoms with van der Waals surface area (Å²) in [4.78, 5) is 2.23. The lowest BCUT2D eigenvalue weighted by Gasteiger charge is -2.23. The van der Waals surface area contributed by atoms with Gasteiger partial charge in [-0.2, -0.15) is 0 Å². The maximum absolute atomic E-state index is 6.12. The predicted molar refractivity (Wildman–Crippen MR) is 127 cm³/mol. The fourth-order valence-corrected chi connectivity index (χ4v) is 3.80. The van der Waals surface area contributed by atoms with Crippen molar-refractivity contribution in [3.8, 4) is 22.7 Å². The molecule has 6 nitrogen and oxygen atoms in total. The van der Waals surface area contributed by atoms with Crippen LogP contribution >= 0.6 is 0 Å². The van der Waals surface area contributed by atoms with Crippen LogP contribution in [0, 0.1) is 13.8 Å². The molecular formula is C27H24N4O2. The topological polar surface area (TPSA) is 68.2 Å². The van der Waals surface area contributed by atoms with Gasteiger partial charge in [0.1, 0.15) is 17.0 Å². The minimum Gasteiger partial charge on any atom is -0.419 e. The van der Waals surface area contributed by atoms with E-state index in [-0.39, 0.29) is 0 Å². The standard InChI is InChI=1S/C27H24N4O2/c1-19-13-15-23(16-14-19)31(17-21-9-5-3-6-10-21)18-24-28-29-27(32-24)25-20(2)33-30-26(25)22-11-7-4-8-12-22/h3-16H,17-18H2,1-2H3. The molecule has 0 N–H and O–H groups in total. The molecule has 0 amide bonds. The molecule has 0 unspecified atom stereocenters. The van der Waals surface area contributed by atoms with Gasteiger partial charge in [-0.1, -0.05) is 83.5 Å². The molecule has 0 radical (unpaired) electrons. The van der Waals surface area contributed by atoms with Crippen LogP contribution in [0.3, 0.4) is 0 Å². The van der Waals surface area contributed by atoms with Crippen LogP contribution in [0.15, 0.2) is 93.9 Å². The second-order valence-corrected chi connectivity index (χ2v) is 8.01. The van der Waals surface area contributed by atoms with Crippen molar-refractivity contribution in [2.24, 2.45) is 0 Å². The molecule has 0 atom stereocenters. The quantitative estimate of drug-likeness (QED) is 0.302. The molecule has 33 heavy (non-hydrogen) atoms. The minimum absolute atomic E-state index is 0.408. The van der Waals surface area contributed by atoms with Crippen LogP contribution < -0.4 is 4.90 Å². The molecule has 0 spiro atoms. The first-order valence-corrected chi connectivity index (χ1v) is 10.9. The average molecular weight is 437 g/mol. The largest absolute Gasteiger partial charge is 0.419 e. The number of aromatic nitrogens is 3. The van der Waals surface area contributed by atoms with Gasteiger partial charge in [0.15, 0.2) is 0 Å². The third-order valence-corrected chi connectivity index (χ3v) is 5.53. The normalized spacial score (nSPS) is 11.0. The van der Waals surface area contributed by atoms with Gasteiger partial charge < -0.3 is 13.8 Å².